The number of hydrogen-bond donors (Lipinski definition) is 2. The Bertz CT molecular complexity index is 384. The highest BCUT2D eigenvalue weighted by molar-refractivity contribution is 9.11. The quantitative estimate of drug-likeness (QED) is 0.617. The van der Waals surface area contributed by atoms with Crippen LogP contribution in [0.3, 0.4) is 0 Å². The first-order valence-corrected chi connectivity index (χ1v) is 7.74. The number of ether oxygens (including phenoxy) is 2. The van der Waals surface area contributed by atoms with Gasteiger partial charge in [0.25, 0.3) is 0 Å². The van der Waals surface area contributed by atoms with Crippen LogP contribution in [0.15, 0.2) is 21.1 Å². The minimum absolute atomic E-state index is 0. The van der Waals surface area contributed by atoms with Crippen molar-refractivity contribution < 1.29 is 14.6 Å². The van der Waals surface area contributed by atoms with Gasteiger partial charge in [-0.2, -0.15) is 0 Å². The Balaban J connectivity index is 0.00000361. The topological polar surface area (TPSA) is 64.7 Å². The molecule has 7 heteroatoms. The van der Waals surface area contributed by atoms with Gasteiger partial charge in [-0.25, -0.2) is 0 Å². The summed E-state index contributed by atoms with van der Waals surface area (Å²) in [6.07, 6.45) is 0.531. The average molecular weight is 434 g/mol. The summed E-state index contributed by atoms with van der Waals surface area (Å²) in [6.45, 7) is 3.75. The number of aliphatic hydroxyl groups excluding tert-OH is 1. The molecule has 0 aliphatic rings. The van der Waals surface area contributed by atoms with Crippen LogP contribution in [0.25, 0.3) is 0 Å². The van der Waals surface area contributed by atoms with Gasteiger partial charge in [0.05, 0.1) is 15.6 Å². The van der Waals surface area contributed by atoms with Crippen molar-refractivity contribution in [1.29, 1.82) is 0 Å². The molecule has 116 valence electrons. The predicted octanol–water partition coefficient (Wildman–Crippen LogP) is 3.43. The fourth-order valence-electron chi connectivity index (χ4n) is 1.58. The molecule has 0 amide bonds. The Morgan fingerprint density at radius 1 is 1.25 bits per heavy atom. The molecule has 1 atom stereocenters. The largest absolute Gasteiger partial charge is 0.489 e. The molecule has 0 fully saturated rings. The fourth-order valence-corrected chi connectivity index (χ4v) is 3.03. The van der Waals surface area contributed by atoms with E-state index in [1.165, 1.54) is 0 Å². The van der Waals surface area contributed by atoms with Crippen molar-refractivity contribution in [2.45, 2.75) is 19.4 Å². The van der Waals surface area contributed by atoms with E-state index in [1.807, 2.05) is 19.1 Å². The molecule has 0 bridgehead atoms. The molecular weight excluding hydrogens is 413 g/mol. The number of benzene rings is 1. The average Bonchev–Trinajstić information content (AvgIpc) is 2.37. The van der Waals surface area contributed by atoms with Crippen molar-refractivity contribution >= 4 is 44.3 Å². The van der Waals surface area contributed by atoms with Gasteiger partial charge in [0.2, 0.25) is 0 Å². The first kappa shape index (κ1) is 20.1. The number of hydrogen-bond acceptors (Lipinski definition) is 4. The lowest BCUT2D eigenvalue weighted by Gasteiger charge is -2.15. The second-order valence-electron chi connectivity index (χ2n) is 3.98. The van der Waals surface area contributed by atoms with Gasteiger partial charge in [-0.1, -0.05) is 0 Å². The van der Waals surface area contributed by atoms with Crippen LogP contribution in [0.4, 0.5) is 0 Å². The molecule has 1 aromatic carbocycles. The third-order valence-electron chi connectivity index (χ3n) is 2.57. The maximum absolute atomic E-state index is 8.92. The fraction of sp³-hybridized carbons (Fsp3) is 0.538. The van der Waals surface area contributed by atoms with Gasteiger partial charge in [-0.05, 0) is 62.9 Å². The van der Waals surface area contributed by atoms with Crippen molar-refractivity contribution in [2.75, 3.05) is 26.4 Å². The molecule has 0 saturated carbocycles. The van der Waals surface area contributed by atoms with Crippen LogP contribution < -0.4 is 10.5 Å². The van der Waals surface area contributed by atoms with E-state index in [2.05, 4.69) is 31.9 Å². The third kappa shape index (κ3) is 6.28. The van der Waals surface area contributed by atoms with E-state index < -0.39 is 0 Å². The summed E-state index contributed by atoms with van der Waals surface area (Å²) in [5.74, 6) is 0.736. The van der Waals surface area contributed by atoms with Gasteiger partial charge in [0.15, 0.2) is 0 Å². The van der Waals surface area contributed by atoms with Crippen LogP contribution in [0, 0.1) is 0 Å². The van der Waals surface area contributed by atoms with Crippen LogP contribution in [0.1, 0.15) is 24.9 Å². The second-order valence-corrected chi connectivity index (χ2v) is 5.69. The second kappa shape index (κ2) is 10.8. The van der Waals surface area contributed by atoms with Crippen LogP contribution in [0.5, 0.6) is 5.75 Å². The number of rotatable bonds is 8. The van der Waals surface area contributed by atoms with E-state index in [0.717, 1.165) is 20.3 Å². The summed E-state index contributed by atoms with van der Waals surface area (Å²) in [5.41, 5.74) is 6.92. The first-order valence-electron chi connectivity index (χ1n) is 6.16. The van der Waals surface area contributed by atoms with E-state index in [9.17, 15) is 0 Å². The van der Waals surface area contributed by atoms with Gasteiger partial charge >= 0.3 is 0 Å². The molecule has 3 N–H and O–H groups in total. The predicted molar refractivity (Wildman–Crippen MR) is 89.7 cm³/mol. The SMILES string of the molecule is CCOCCOc1c(Br)cc(C(N)CCO)cc1Br.Cl. The maximum atomic E-state index is 8.92. The molecule has 1 aromatic rings. The summed E-state index contributed by atoms with van der Waals surface area (Å²) in [6, 6.07) is 3.65. The standard InChI is InChI=1S/C13H19Br2NO3.ClH/c1-2-18-5-6-19-13-10(14)7-9(8-11(13)15)12(16)3-4-17;/h7-8,12,17H,2-6,16H2,1H3;1H. The highest BCUT2D eigenvalue weighted by Crippen LogP contribution is 2.36. The molecule has 0 radical (unpaired) electrons. The van der Waals surface area contributed by atoms with Crippen molar-refractivity contribution in [3.05, 3.63) is 26.6 Å². The molecule has 0 aromatic heterocycles. The van der Waals surface area contributed by atoms with E-state index in [4.69, 9.17) is 20.3 Å². The molecule has 0 saturated heterocycles. The lowest BCUT2D eigenvalue weighted by atomic mass is 10.1. The smallest absolute Gasteiger partial charge is 0.147 e. The van der Waals surface area contributed by atoms with Gasteiger partial charge in [0, 0.05) is 19.3 Å². The third-order valence-corrected chi connectivity index (χ3v) is 3.75. The minimum Gasteiger partial charge on any atom is -0.489 e. The normalized spacial score (nSPS) is 11.8. The van der Waals surface area contributed by atoms with E-state index >= 15 is 0 Å². The minimum atomic E-state index is -0.185. The van der Waals surface area contributed by atoms with Crippen LogP contribution in [-0.4, -0.2) is 31.5 Å². The number of halogens is 3. The summed E-state index contributed by atoms with van der Waals surface area (Å²) in [5, 5.41) is 8.92. The molecule has 0 spiro atoms. The molecular formula is C13H20Br2ClNO3. The Morgan fingerprint density at radius 3 is 2.35 bits per heavy atom. The van der Waals surface area contributed by atoms with Crippen LogP contribution in [0.2, 0.25) is 0 Å². The molecule has 20 heavy (non-hydrogen) atoms. The van der Waals surface area contributed by atoms with Crippen molar-refractivity contribution in [3.8, 4) is 5.75 Å². The maximum Gasteiger partial charge on any atom is 0.147 e. The van der Waals surface area contributed by atoms with Gasteiger partial charge in [0.1, 0.15) is 12.4 Å². The molecule has 1 rings (SSSR count). The Kier molecular flexibility index (Phi) is 10.9. The van der Waals surface area contributed by atoms with Crippen LogP contribution >= 0.6 is 44.3 Å². The van der Waals surface area contributed by atoms with Crippen molar-refractivity contribution in [1.82, 2.24) is 0 Å². The molecule has 4 nitrogen and oxygen atoms in total. The van der Waals surface area contributed by atoms with E-state index in [1.54, 1.807) is 0 Å². The van der Waals surface area contributed by atoms with Gasteiger partial charge in [-0.3, -0.25) is 0 Å². The van der Waals surface area contributed by atoms with E-state index in [0.29, 0.717) is 26.2 Å². The molecule has 1 unspecified atom stereocenters. The van der Waals surface area contributed by atoms with Gasteiger partial charge in [-0.15, -0.1) is 12.4 Å². The summed E-state index contributed by atoms with van der Waals surface area (Å²) < 4.78 is 12.6. The van der Waals surface area contributed by atoms with Crippen molar-refractivity contribution in [3.63, 3.8) is 0 Å². The lowest BCUT2D eigenvalue weighted by molar-refractivity contribution is 0.109. The molecule has 0 aliphatic carbocycles. The summed E-state index contributed by atoms with van der Waals surface area (Å²) >= 11 is 6.95. The Morgan fingerprint density at radius 2 is 1.85 bits per heavy atom. The monoisotopic (exact) mass is 431 g/mol. The Labute approximate surface area is 142 Å². The Hall–Kier alpha value is 0.150. The summed E-state index contributed by atoms with van der Waals surface area (Å²) in [7, 11) is 0. The van der Waals surface area contributed by atoms with E-state index in [-0.39, 0.29) is 25.1 Å². The zero-order valence-corrected chi connectivity index (χ0v) is 15.3. The highest BCUT2D eigenvalue weighted by atomic mass is 79.9. The zero-order valence-electron chi connectivity index (χ0n) is 11.3. The van der Waals surface area contributed by atoms with Crippen LogP contribution in [-0.2, 0) is 4.74 Å². The zero-order chi connectivity index (χ0) is 14.3. The number of aliphatic hydroxyl groups is 1. The van der Waals surface area contributed by atoms with Gasteiger partial charge < -0.3 is 20.3 Å². The number of nitrogens with two attached hydrogens (primary N) is 1. The lowest BCUT2D eigenvalue weighted by Crippen LogP contribution is -2.12. The molecule has 0 aliphatic heterocycles. The highest BCUT2D eigenvalue weighted by Gasteiger charge is 2.13. The molecule has 0 heterocycles. The van der Waals surface area contributed by atoms with Crippen molar-refractivity contribution in [2.24, 2.45) is 5.73 Å². The summed E-state index contributed by atoms with van der Waals surface area (Å²) in [4.78, 5) is 0. The first-order chi connectivity index (χ1) is 9.10.